The lowest BCUT2D eigenvalue weighted by atomic mass is 10.1. The smallest absolute Gasteiger partial charge is 0.129 e. The molecule has 0 heterocycles. The molecule has 0 aromatic heterocycles. The van der Waals surface area contributed by atoms with Crippen molar-refractivity contribution in [1.29, 1.82) is 0 Å². The van der Waals surface area contributed by atoms with Crippen LogP contribution in [0.5, 0.6) is 11.5 Å². The highest BCUT2D eigenvalue weighted by Crippen LogP contribution is 2.24. The highest BCUT2D eigenvalue weighted by atomic mass is 79.9. The first-order valence-corrected chi connectivity index (χ1v) is 8.10. The third-order valence-electron chi connectivity index (χ3n) is 3.36. The fourth-order valence-corrected chi connectivity index (χ4v) is 2.53. The van der Waals surface area contributed by atoms with Gasteiger partial charge in [-0.25, -0.2) is 0 Å². The van der Waals surface area contributed by atoms with Crippen LogP contribution in [-0.2, 0) is 0 Å². The predicted molar refractivity (Wildman–Crippen MR) is 96.9 cm³/mol. The first-order valence-electron chi connectivity index (χ1n) is 6.90. The van der Waals surface area contributed by atoms with E-state index in [-0.39, 0.29) is 0 Å². The second kappa shape index (κ2) is 7.61. The summed E-state index contributed by atoms with van der Waals surface area (Å²) < 4.78 is 12.4. The number of halogens is 1. The molecule has 2 aromatic carbocycles. The van der Waals surface area contributed by atoms with E-state index in [0.717, 1.165) is 21.3 Å². The monoisotopic (exact) mass is 379 g/mol. The molecule has 0 aliphatic heterocycles. The molecule has 0 saturated carbocycles. The molecule has 116 valence electrons. The molecular formula is C17H18BrNO2S. The maximum absolute atomic E-state index is 5.77. The number of thiocarbonyl (C=S) groups is 1. The van der Waals surface area contributed by atoms with Gasteiger partial charge in [-0.15, -0.1) is 0 Å². The summed E-state index contributed by atoms with van der Waals surface area (Å²) in [5.74, 6) is 1.55. The normalized spacial score (nSPS) is 10.3. The molecule has 22 heavy (non-hydrogen) atoms. The maximum Gasteiger partial charge on any atom is 0.129 e. The first kappa shape index (κ1) is 16.8. The van der Waals surface area contributed by atoms with Crippen LogP contribution in [0.3, 0.4) is 0 Å². The molecule has 0 aliphatic rings. The van der Waals surface area contributed by atoms with Gasteiger partial charge in [0.15, 0.2) is 0 Å². The van der Waals surface area contributed by atoms with Gasteiger partial charge in [0.05, 0.1) is 5.56 Å². The van der Waals surface area contributed by atoms with E-state index in [1.165, 1.54) is 5.56 Å². The predicted octanol–water partition coefficient (Wildman–Crippen LogP) is 4.16. The van der Waals surface area contributed by atoms with E-state index in [9.17, 15) is 0 Å². The van der Waals surface area contributed by atoms with E-state index in [4.69, 9.17) is 27.4 Å². The highest BCUT2D eigenvalue weighted by Gasteiger charge is 2.08. The maximum atomic E-state index is 5.77. The number of hydrogen-bond acceptors (Lipinski definition) is 3. The van der Waals surface area contributed by atoms with Gasteiger partial charge >= 0.3 is 0 Å². The Hall–Kier alpha value is -1.59. The quantitative estimate of drug-likeness (QED) is 0.604. The first-order chi connectivity index (χ1) is 10.5. The van der Waals surface area contributed by atoms with E-state index in [1.54, 1.807) is 0 Å². The zero-order chi connectivity index (χ0) is 16.1. The molecule has 0 saturated heterocycles. The molecule has 0 bridgehead atoms. The lowest BCUT2D eigenvalue weighted by Gasteiger charge is -2.13. The van der Waals surface area contributed by atoms with Crippen molar-refractivity contribution in [3.05, 3.63) is 57.6 Å². The van der Waals surface area contributed by atoms with E-state index < -0.39 is 0 Å². The number of hydrogen-bond donors (Lipinski definition) is 1. The van der Waals surface area contributed by atoms with Gasteiger partial charge in [-0.3, -0.25) is 0 Å². The van der Waals surface area contributed by atoms with Crippen molar-refractivity contribution in [1.82, 2.24) is 0 Å². The average Bonchev–Trinajstić information content (AvgIpc) is 2.48. The highest BCUT2D eigenvalue weighted by molar-refractivity contribution is 9.10. The standard InChI is InChI=1S/C17H18BrNO2S/c1-11-4-3-5-15(12(11)2)20-8-9-21-16-7-6-13(18)10-14(16)17(19)22/h3-7,10H,8-9H2,1-2H3,(H2,19,22). The fraction of sp³-hybridized carbons (Fsp3) is 0.235. The summed E-state index contributed by atoms with van der Waals surface area (Å²) in [6.07, 6.45) is 0. The second-order valence-corrected chi connectivity index (χ2v) is 6.26. The molecule has 0 amide bonds. The Labute approximate surface area is 144 Å². The van der Waals surface area contributed by atoms with E-state index >= 15 is 0 Å². The largest absolute Gasteiger partial charge is 0.490 e. The third-order valence-corrected chi connectivity index (χ3v) is 4.07. The number of ether oxygens (including phenoxy) is 2. The minimum Gasteiger partial charge on any atom is -0.490 e. The summed E-state index contributed by atoms with van der Waals surface area (Å²) in [5, 5.41) is 0. The zero-order valence-electron chi connectivity index (χ0n) is 12.6. The van der Waals surface area contributed by atoms with Gasteiger partial charge in [0.2, 0.25) is 0 Å². The van der Waals surface area contributed by atoms with Crippen LogP contribution in [0.2, 0.25) is 0 Å². The molecule has 0 atom stereocenters. The van der Waals surface area contributed by atoms with Crippen LogP contribution in [0.15, 0.2) is 40.9 Å². The third kappa shape index (κ3) is 4.21. The number of aryl methyl sites for hydroxylation is 1. The zero-order valence-corrected chi connectivity index (χ0v) is 15.0. The Kier molecular flexibility index (Phi) is 5.80. The molecule has 2 N–H and O–H groups in total. The molecular weight excluding hydrogens is 362 g/mol. The van der Waals surface area contributed by atoms with Gasteiger partial charge in [-0.1, -0.05) is 40.3 Å². The summed E-state index contributed by atoms with van der Waals surface area (Å²) in [4.78, 5) is 0.312. The molecule has 0 aliphatic carbocycles. The van der Waals surface area contributed by atoms with Gasteiger partial charge in [-0.05, 0) is 49.2 Å². The number of benzene rings is 2. The Bertz CT molecular complexity index is 688. The second-order valence-electron chi connectivity index (χ2n) is 4.90. The van der Waals surface area contributed by atoms with Crippen LogP contribution in [-0.4, -0.2) is 18.2 Å². The molecule has 2 aromatic rings. The molecule has 2 rings (SSSR count). The summed E-state index contributed by atoms with van der Waals surface area (Å²) in [5.41, 5.74) is 8.79. The Morgan fingerprint density at radius 1 is 1.09 bits per heavy atom. The van der Waals surface area contributed by atoms with E-state index in [0.29, 0.717) is 24.0 Å². The Morgan fingerprint density at radius 2 is 1.77 bits per heavy atom. The SMILES string of the molecule is Cc1cccc(OCCOc2ccc(Br)cc2C(N)=S)c1C. The topological polar surface area (TPSA) is 44.5 Å². The van der Waals surface area contributed by atoms with E-state index in [2.05, 4.69) is 28.9 Å². The minimum atomic E-state index is 0.312. The lowest BCUT2D eigenvalue weighted by Crippen LogP contribution is -2.15. The van der Waals surface area contributed by atoms with Crippen LogP contribution < -0.4 is 15.2 Å². The molecule has 3 nitrogen and oxygen atoms in total. The van der Waals surface area contributed by atoms with Crippen molar-refractivity contribution in [3.63, 3.8) is 0 Å². The molecule has 0 radical (unpaired) electrons. The van der Waals surface area contributed by atoms with Crippen LogP contribution >= 0.6 is 28.1 Å². The van der Waals surface area contributed by atoms with Crippen LogP contribution in [0.25, 0.3) is 0 Å². The van der Waals surface area contributed by atoms with Crippen molar-refractivity contribution >= 4 is 33.1 Å². The Morgan fingerprint density at radius 3 is 2.45 bits per heavy atom. The van der Waals surface area contributed by atoms with Crippen molar-refractivity contribution in [3.8, 4) is 11.5 Å². The molecule has 0 spiro atoms. The molecule has 0 fully saturated rings. The summed E-state index contributed by atoms with van der Waals surface area (Å²) in [6, 6.07) is 11.6. The van der Waals surface area contributed by atoms with Crippen LogP contribution in [0.4, 0.5) is 0 Å². The van der Waals surface area contributed by atoms with Crippen molar-refractivity contribution in [2.45, 2.75) is 13.8 Å². The molecule has 0 unspecified atom stereocenters. The summed E-state index contributed by atoms with van der Waals surface area (Å²) >= 11 is 8.44. The van der Waals surface area contributed by atoms with Crippen molar-refractivity contribution in [2.24, 2.45) is 5.73 Å². The van der Waals surface area contributed by atoms with Gasteiger partial charge in [0.1, 0.15) is 29.7 Å². The average molecular weight is 380 g/mol. The van der Waals surface area contributed by atoms with Gasteiger partial charge in [0, 0.05) is 4.47 Å². The van der Waals surface area contributed by atoms with Crippen LogP contribution in [0.1, 0.15) is 16.7 Å². The minimum absolute atomic E-state index is 0.312. The van der Waals surface area contributed by atoms with Crippen LogP contribution in [0, 0.1) is 13.8 Å². The van der Waals surface area contributed by atoms with Crippen molar-refractivity contribution < 1.29 is 9.47 Å². The summed E-state index contributed by atoms with van der Waals surface area (Å²) in [6.45, 7) is 4.99. The summed E-state index contributed by atoms with van der Waals surface area (Å²) in [7, 11) is 0. The van der Waals surface area contributed by atoms with Gasteiger partial charge in [0.25, 0.3) is 0 Å². The van der Waals surface area contributed by atoms with Crippen molar-refractivity contribution in [2.75, 3.05) is 13.2 Å². The molecule has 5 heteroatoms. The van der Waals surface area contributed by atoms with E-state index in [1.807, 2.05) is 37.3 Å². The number of nitrogens with two attached hydrogens (primary N) is 1. The van der Waals surface area contributed by atoms with Gasteiger partial charge < -0.3 is 15.2 Å². The van der Waals surface area contributed by atoms with Gasteiger partial charge in [-0.2, -0.15) is 0 Å². The Balaban J connectivity index is 1.94. The lowest BCUT2D eigenvalue weighted by molar-refractivity contribution is 0.216. The number of rotatable bonds is 6. The fourth-order valence-electron chi connectivity index (χ4n) is 2.00.